The number of carbonyl (C=O) groups excluding carboxylic acids is 1. The zero-order valence-electron chi connectivity index (χ0n) is 15.1. The minimum Gasteiger partial charge on any atom is -0.481 e. The molecular weight excluding hydrogens is 366 g/mol. The molecule has 2 heterocycles. The maximum absolute atomic E-state index is 13.2. The van der Waals surface area contributed by atoms with Crippen LogP contribution in [0, 0.1) is 17.8 Å². The van der Waals surface area contributed by atoms with Gasteiger partial charge in [0, 0.05) is 4.88 Å². The number of nitrogens with one attached hydrogen (secondary N) is 1. The van der Waals surface area contributed by atoms with Gasteiger partial charge in [-0.15, -0.1) is 11.3 Å². The molecule has 7 nitrogen and oxygen atoms in total. The van der Waals surface area contributed by atoms with Crippen LogP contribution >= 0.6 is 11.3 Å². The smallest absolute Gasteiger partial charge is 0.310 e. The highest BCUT2D eigenvalue weighted by Gasteiger charge is 2.78. The zero-order valence-corrected chi connectivity index (χ0v) is 15.9. The summed E-state index contributed by atoms with van der Waals surface area (Å²) in [5.74, 6) is -0.0159. The zero-order chi connectivity index (χ0) is 18.8. The van der Waals surface area contributed by atoms with E-state index in [9.17, 15) is 14.7 Å². The molecular formula is C19H21N3O4S. The van der Waals surface area contributed by atoms with E-state index in [1.807, 2.05) is 0 Å². The Morgan fingerprint density at radius 2 is 1.96 bits per heavy atom. The van der Waals surface area contributed by atoms with E-state index in [4.69, 9.17) is 4.52 Å². The number of anilines is 1. The van der Waals surface area contributed by atoms with Crippen molar-refractivity contribution >= 4 is 28.2 Å². The van der Waals surface area contributed by atoms with E-state index in [2.05, 4.69) is 15.5 Å². The van der Waals surface area contributed by atoms with Gasteiger partial charge < -0.3 is 14.9 Å². The summed E-state index contributed by atoms with van der Waals surface area (Å²) >= 11 is 1.57. The molecule has 27 heavy (non-hydrogen) atoms. The molecule has 8 heteroatoms. The van der Waals surface area contributed by atoms with Crippen molar-refractivity contribution in [1.82, 2.24) is 10.1 Å². The monoisotopic (exact) mass is 387 g/mol. The molecule has 0 bridgehead atoms. The van der Waals surface area contributed by atoms with Gasteiger partial charge in [-0.05, 0) is 57.4 Å². The predicted octanol–water partition coefficient (Wildman–Crippen LogP) is 3.57. The van der Waals surface area contributed by atoms with Crippen LogP contribution in [0.25, 0.3) is 11.5 Å². The lowest BCUT2D eigenvalue weighted by atomic mass is 9.94. The van der Waals surface area contributed by atoms with E-state index >= 15 is 0 Å². The summed E-state index contributed by atoms with van der Waals surface area (Å²) in [4.78, 5) is 30.6. The Hall–Kier alpha value is -2.22. The van der Waals surface area contributed by atoms with Crippen molar-refractivity contribution < 1.29 is 19.2 Å². The Kier molecular flexibility index (Phi) is 3.53. The molecule has 142 valence electrons. The highest BCUT2D eigenvalue weighted by Crippen LogP contribution is 2.74. The number of aryl methyl sites for hydroxylation is 2. The fourth-order valence-corrected chi connectivity index (χ4v) is 6.39. The van der Waals surface area contributed by atoms with Crippen LogP contribution in [-0.4, -0.2) is 27.1 Å². The highest BCUT2D eigenvalue weighted by molar-refractivity contribution is 7.17. The standard InChI is InChI=1S/C19H21N3O4S/c1-10-20-14(26-22-10)13-11-5-2-3-6-12(11)27-15(13)21-16(23)18-7-4-8-19(18,9-18)17(24)25/h2-9H2,1H3,(H,21,23)(H,24,25). The number of carboxylic acid groups (broad SMARTS) is 1. The van der Waals surface area contributed by atoms with E-state index in [1.54, 1.807) is 18.3 Å². The fourth-order valence-electron chi connectivity index (χ4n) is 5.12. The Bertz CT molecular complexity index is 964. The lowest BCUT2D eigenvalue weighted by molar-refractivity contribution is -0.146. The lowest BCUT2D eigenvalue weighted by Gasteiger charge is -2.15. The highest BCUT2D eigenvalue weighted by atomic mass is 32.1. The first-order valence-electron chi connectivity index (χ1n) is 9.47. The number of aromatic nitrogens is 2. The third-order valence-corrected chi connectivity index (χ3v) is 7.79. The van der Waals surface area contributed by atoms with Crippen molar-refractivity contribution in [2.24, 2.45) is 10.8 Å². The van der Waals surface area contributed by atoms with Crippen LogP contribution in [0.1, 0.15) is 54.8 Å². The molecule has 2 saturated carbocycles. The Balaban J connectivity index is 1.52. The molecule has 1 amide bonds. The van der Waals surface area contributed by atoms with E-state index < -0.39 is 16.8 Å². The first-order chi connectivity index (χ1) is 13.0. The van der Waals surface area contributed by atoms with Gasteiger partial charge in [-0.1, -0.05) is 11.6 Å². The molecule has 2 atom stereocenters. The van der Waals surface area contributed by atoms with Gasteiger partial charge in [-0.25, -0.2) is 0 Å². The number of hydrogen-bond acceptors (Lipinski definition) is 6. The van der Waals surface area contributed by atoms with E-state index in [-0.39, 0.29) is 5.91 Å². The van der Waals surface area contributed by atoms with Gasteiger partial charge >= 0.3 is 5.97 Å². The number of aliphatic carboxylic acids is 1. The number of carbonyl (C=O) groups is 2. The van der Waals surface area contributed by atoms with E-state index in [0.29, 0.717) is 31.0 Å². The number of nitrogens with zero attached hydrogens (tertiary/aromatic N) is 2. The van der Waals surface area contributed by atoms with Gasteiger partial charge in [-0.3, -0.25) is 9.59 Å². The van der Waals surface area contributed by atoms with Crippen molar-refractivity contribution in [3.63, 3.8) is 0 Å². The number of thiophene rings is 1. The molecule has 2 aromatic rings. The molecule has 0 aromatic carbocycles. The second kappa shape index (κ2) is 5.64. The molecule has 2 fully saturated rings. The molecule has 0 radical (unpaired) electrons. The van der Waals surface area contributed by atoms with Gasteiger partial charge in [0.05, 0.1) is 16.4 Å². The Labute approximate surface area is 160 Å². The van der Waals surface area contributed by atoms with E-state index in [1.165, 1.54) is 10.4 Å². The van der Waals surface area contributed by atoms with Crippen LogP contribution in [0.3, 0.4) is 0 Å². The average Bonchev–Trinajstić information content (AvgIpc) is 2.98. The van der Waals surface area contributed by atoms with Crippen molar-refractivity contribution in [1.29, 1.82) is 0 Å². The molecule has 3 aliphatic rings. The number of hydrogen-bond donors (Lipinski definition) is 2. The SMILES string of the molecule is Cc1noc(-c2c(NC(=O)C34CCCC3(C(=O)O)C4)sc3c2CCCC3)n1. The fraction of sp³-hybridized carbons (Fsp3) is 0.579. The van der Waals surface area contributed by atoms with Gasteiger partial charge in [0.1, 0.15) is 5.00 Å². The third-order valence-electron chi connectivity index (χ3n) is 6.59. The summed E-state index contributed by atoms with van der Waals surface area (Å²) in [7, 11) is 0. The van der Waals surface area contributed by atoms with Crippen LogP contribution in [0.2, 0.25) is 0 Å². The minimum atomic E-state index is -0.866. The van der Waals surface area contributed by atoms with Crippen LogP contribution < -0.4 is 5.32 Å². The maximum atomic E-state index is 13.2. The van der Waals surface area contributed by atoms with Gasteiger partial charge in [0.2, 0.25) is 5.91 Å². The van der Waals surface area contributed by atoms with Crippen LogP contribution in [0.15, 0.2) is 4.52 Å². The molecule has 0 aliphatic heterocycles. The summed E-state index contributed by atoms with van der Waals surface area (Å²) in [5.41, 5.74) is 0.398. The van der Waals surface area contributed by atoms with Gasteiger partial charge in [-0.2, -0.15) is 4.98 Å². The van der Waals surface area contributed by atoms with Gasteiger partial charge in [0.25, 0.3) is 5.89 Å². The quantitative estimate of drug-likeness (QED) is 0.831. The van der Waals surface area contributed by atoms with Crippen LogP contribution in [0.5, 0.6) is 0 Å². The van der Waals surface area contributed by atoms with Crippen LogP contribution in [-0.2, 0) is 22.4 Å². The van der Waals surface area contributed by atoms with E-state index in [0.717, 1.165) is 42.7 Å². The first kappa shape index (κ1) is 16.9. The van der Waals surface area contributed by atoms with Crippen LogP contribution in [0.4, 0.5) is 5.00 Å². The molecule has 0 saturated heterocycles. The van der Waals surface area contributed by atoms with Crippen molar-refractivity contribution in [3.8, 4) is 11.5 Å². The summed E-state index contributed by atoms with van der Waals surface area (Å²) in [5, 5.41) is 17.3. The molecule has 2 unspecified atom stereocenters. The summed E-state index contributed by atoms with van der Waals surface area (Å²) in [6, 6.07) is 0. The number of amides is 1. The second-order valence-corrected chi connectivity index (χ2v) is 9.12. The molecule has 5 rings (SSSR count). The van der Waals surface area contributed by atoms with Crippen molar-refractivity contribution in [2.45, 2.75) is 58.3 Å². The Morgan fingerprint density at radius 3 is 2.67 bits per heavy atom. The first-order valence-corrected chi connectivity index (χ1v) is 10.3. The summed E-state index contributed by atoms with van der Waals surface area (Å²) in [6.07, 6.45) is 6.62. The van der Waals surface area contributed by atoms with Gasteiger partial charge in [0.15, 0.2) is 5.82 Å². The number of rotatable bonds is 4. The summed E-state index contributed by atoms with van der Waals surface area (Å²) in [6.45, 7) is 1.77. The number of carboxylic acids is 1. The lowest BCUT2D eigenvalue weighted by Crippen LogP contribution is -2.30. The third kappa shape index (κ3) is 2.25. The molecule has 2 aromatic heterocycles. The second-order valence-electron chi connectivity index (χ2n) is 8.02. The maximum Gasteiger partial charge on any atom is 0.310 e. The molecule has 0 spiro atoms. The Morgan fingerprint density at radius 1 is 1.19 bits per heavy atom. The minimum absolute atomic E-state index is 0.168. The molecule has 2 N–H and O–H groups in total. The van der Waals surface area contributed by atoms with Crippen molar-refractivity contribution in [3.05, 3.63) is 16.3 Å². The average molecular weight is 387 g/mol. The normalized spacial score (nSPS) is 28.5. The molecule has 3 aliphatic carbocycles. The van der Waals surface area contributed by atoms with Crippen molar-refractivity contribution in [2.75, 3.05) is 5.32 Å². The summed E-state index contributed by atoms with van der Waals surface area (Å²) < 4.78 is 5.42. The largest absolute Gasteiger partial charge is 0.481 e. The topological polar surface area (TPSA) is 105 Å². The number of fused-ring (bicyclic) bond motifs is 2. The predicted molar refractivity (Wildman–Crippen MR) is 98.6 cm³/mol.